The third kappa shape index (κ3) is 2.25. The molecule has 2 heterocycles. The van der Waals surface area contributed by atoms with E-state index in [2.05, 4.69) is 20.9 Å². The zero-order chi connectivity index (χ0) is 19.6. The quantitative estimate of drug-likeness (QED) is 0.770. The lowest BCUT2D eigenvalue weighted by atomic mass is 10.3. The van der Waals surface area contributed by atoms with Crippen molar-refractivity contribution >= 4 is 21.6 Å². The standard InChI is InChI=1S/C10H14BrN3/c1-13-2-4-14(5-3-13)10-6-9(11)7-12-8-10/h6-8H,2-5H2,1H3/i1D3,2D2,3D2,4D2,5D2. The highest BCUT2D eigenvalue weighted by Crippen LogP contribution is 2.19. The third-order valence-electron chi connectivity index (χ3n) is 1.50. The maximum atomic E-state index is 8.11. The van der Waals surface area contributed by atoms with Crippen LogP contribution in [0.2, 0.25) is 0 Å². The van der Waals surface area contributed by atoms with Gasteiger partial charge >= 0.3 is 0 Å². The van der Waals surface area contributed by atoms with E-state index in [0.717, 1.165) is 6.20 Å². The Labute approximate surface area is 108 Å². The number of rotatable bonds is 1. The number of likely N-dealkylation sites (N-methyl/N-ethyl adjacent to an activating group) is 1. The summed E-state index contributed by atoms with van der Waals surface area (Å²) in [6.45, 7) is -16.7. The van der Waals surface area contributed by atoms with Crippen molar-refractivity contribution in [3.8, 4) is 0 Å². The molecule has 0 N–H and O–H groups in total. The molecule has 1 aromatic heterocycles. The van der Waals surface area contributed by atoms with E-state index in [1.807, 2.05) is 0 Å². The lowest BCUT2D eigenvalue weighted by Gasteiger charge is -2.33. The van der Waals surface area contributed by atoms with Gasteiger partial charge in [-0.25, -0.2) is 0 Å². The fraction of sp³-hybridized carbons (Fsp3) is 0.500. The van der Waals surface area contributed by atoms with Crippen LogP contribution in [0.1, 0.15) is 15.1 Å². The Morgan fingerprint density at radius 1 is 1.43 bits per heavy atom. The number of halogens is 1. The molecule has 0 aliphatic carbocycles. The highest BCUT2D eigenvalue weighted by Gasteiger charge is 2.14. The SMILES string of the molecule is [2H]C([2H])([2H])N1C([2H])([2H])C([2H])([2H])N(c2cncc(Br)c2)C([2H])([2H])C1([2H])[2H]. The van der Waals surface area contributed by atoms with E-state index in [4.69, 9.17) is 15.1 Å². The number of aromatic nitrogens is 1. The van der Waals surface area contributed by atoms with Gasteiger partial charge in [-0.15, -0.1) is 0 Å². The van der Waals surface area contributed by atoms with Gasteiger partial charge in [-0.2, -0.15) is 0 Å². The number of pyridine rings is 1. The molecular formula is C10H14BrN3. The van der Waals surface area contributed by atoms with Gasteiger partial charge < -0.3 is 9.80 Å². The lowest BCUT2D eigenvalue weighted by Crippen LogP contribution is -2.44. The fourth-order valence-corrected chi connectivity index (χ4v) is 1.26. The molecule has 1 fully saturated rings. The Hall–Kier alpha value is -0.610. The monoisotopic (exact) mass is 266 g/mol. The number of piperazine rings is 1. The first-order valence-corrected chi connectivity index (χ1v) is 4.49. The van der Waals surface area contributed by atoms with Gasteiger partial charge in [-0.05, 0) is 29.0 Å². The molecule has 1 aromatic rings. The normalized spacial score (nSPS) is 45.5. The highest BCUT2D eigenvalue weighted by molar-refractivity contribution is 9.10. The van der Waals surface area contributed by atoms with Gasteiger partial charge in [0.2, 0.25) is 0 Å². The van der Waals surface area contributed by atoms with Gasteiger partial charge in [0.1, 0.15) is 0 Å². The van der Waals surface area contributed by atoms with E-state index < -0.39 is 33.0 Å². The average molecular weight is 267 g/mol. The second-order valence-corrected chi connectivity index (χ2v) is 3.40. The first-order valence-electron chi connectivity index (χ1n) is 9.20. The van der Waals surface area contributed by atoms with E-state index >= 15 is 0 Å². The molecule has 3 nitrogen and oxygen atoms in total. The van der Waals surface area contributed by atoms with Crippen LogP contribution in [0.4, 0.5) is 5.69 Å². The zero-order valence-electron chi connectivity index (χ0n) is 18.0. The van der Waals surface area contributed by atoms with Crippen LogP contribution in [0.5, 0.6) is 0 Å². The Balaban J connectivity index is 2.80. The third-order valence-corrected chi connectivity index (χ3v) is 1.93. The molecule has 0 saturated carbocycles. The molecular weight excluding hydrogens is 242 g/mol. The number of anilines is 1. The summed E-state index contributed by atoms with van der Waals surface area (Å²) in [4.78, 5) is 3.65. The van der Waals surface area contributed by atoms with E-state index in [9.17, 15) is 0 Å². The van der Waals surface area contributed by atoms with Gasteiger partial charge in [0, 0.05) is 46.3 Å². The largest absolute Gasteiger partial charge is 0.368 e. The molecule has 0 spiro atoms. The van der Waals surface area contributed by atoms with Crippen molar-refractivity contribution in [1.82, 2.24) is 9.88 Å². The summed E-state index contributed by atoms with van der Waals surface area (Å²) in [5.74, 6) is 0. The predicted octanol–water partition coefficient (Wildman–Crippen LogP) is 1.60. The molecule has 0 unspecified atom stereocenters. The highest BCUT2D eigenvalue weighted by atomic mass is 79.9. The summed E-state index contributed by atoms with van der Waals surface area (Å²) >= 11 is 3.08. The summed E-state index contributed by atoms with van der Waals surface area (Å²) in [5, 5.41) is 0. The van der Waals surface area contributed by atoms with Crippen LogP contribution in [0, 0.1) is 0 Å². The Morgan fingerprint density at radius 2 is 2.21 bits per heavy atom. The first-order chi connectivity index (χ1) is 11.0. The van der Waals surface area contributed by atoms with E-state index in [0.29, 0.717) is 4.47 Å². The maximum Gasteiger partial charge on any atom is 0.0564 e. The molecule has 4 heteroatoms. The van der Waals surface area contributed by atoms with Crippen molar-refractivity contribution in [2.75, 3.05) is 37.9 Å². The molecule has 1 saturated heterocycles. The van der Waals surface area contributed by atoms with Crippen molar-refractivity contribution in [3.05, 3.63) is 22.9 Å². The summed E-state index contributed by atoms with van der Waals surface area (Å²) in [6.07, 6.45) is 2.37. The number of hydrogen-bond acceptors (Lipinski definition) is 3. The van der Waals surface area contributed by atoms with Crippen LogP contribution in [-0.4, -0.2) is 42.8 Å². The van der Waals surface area contributed by atoms with Crippen LogP contribution in [0.25, 0.3) is 0 Å². The Kier molecular flexibility index (Phi) is 0.974. The summed E-state index contributed by atoms with van der Waals surface area (Å²) in [7, 11) is 0. The van der Waals surface area contributed by atoms with Crippen LogP contribution < -0.4 is 4.90 Å². The average Bonchev–Trinajstić information content (AvgIpc) is 2.33. The molecule has 0 atom stereocenters. The summed E-state index contributed by atoms with van der Waals surface area (Å²) < 4.78 is 86.9. The minimum absolute atomic E-state index is 0.248. The molecule has 0 aromatic carbocycles. The Morgan fingerprint density at radius 3 is 2.86 bits per heavy atom. The topological polar surface area (TPSA) is 19.4 Å². The van der Waals surface area contributed by atoms with Gasteiger partial charge in [0.15, 0.2) is 0 Å². The molecule has 14 heavy (non-hydrogen) atoms. The van der Waals surface area contributed by atoms with Crippen LogP contribution >= 0.6 is 15.9 Å². The molecule has 2 rings (SSSR count). The number of nitrogens with zero attached hydrogens (tertiary/aromatic N) is 3. The van der Waals surface area contributed by atoms with Crippen LogP contribution in [-0.2, 0) is 0 Å². The minimum Gasteiger partial charge on any atom is -0.368 e. The van der Waals surface area contributed by atoms with Crippen molar-refractivity contribution in [1.29, 1.82) is 0 Å². The second kappa shape index (κ2) is 4.28. The smallest absolute Gasteiger partial charge is 0.0564 e. The molecule has 0 radical (unpaired) electrons. The second-order valence-electron chi connectivity index (χ2n) is 2.48. The van der Waals surface area contributed by atoms with E-state index in [1.54, 1.807) is 0 Å². The zero-order valence-corrected chi connectivity index (χ0v) is 8.54. The van der Waals surface area contributed by atoms with Gasteiger partial charge in [0.25, 0.3) is 0 Å². The molecule has 0 amide bonds. The van der Waals surface area contributed by atoms with Crippen molar-refractivity contribution in [3.63, 3.8) is 0 Å². The Bertz CT molecular complexity index is 646. The van der Waals surface area contributed by atoms with Gasteiger partial charge in [-0.1, -0.05) is 0 Å². The van der Waals surface area contributed by atoms with Crippen molar-refractivity contribution in [2.45, 2.75) is 0 Å². The fourth-order valence-electron chi connectivity index (χ4n) is 0.908. The summed E-state index contributed by atoms with van der Waals surface area (Å²) in [6, 6.07) is 1.24. The number of hydrogen-bond donors (Lipinski definition) is 0. The van der Waals surface area contributed by atoms with Gasteiger partial charge in [-0.3, -0.25) is 4.98 Å². The lowest BCUT2D eigenvalue weighted by molar-refractivity contribution is 0.313. The van der Waals surface area contributed by atoms with Crippen LogP contribution in [0.3, 0.4) is 0 Å². The summed E-state index contributed by atoms with van der Waals surface area (Å²) in [5.41, 5.74) is -0.248. The maximum absolute atomic E-state index is 8.11. The molecule has 1 aliphatic rings. The van der Waals surface area contributed by atoms with Crippen LogP contribution in [0.15, 0.2) is 22.9 Å². The molecule has 76 valence electrons. The van der Waals surface area contributed by atoms with Crippen molar-refractivity contribution in [2.24, 2.45) is 0 Å². The molecule has 0 bridgehead atoms. The van der Waals surface area contributed by atoms with E-state index in [1.165, 1.54) is 12.3 Å². The molecule has 1 aliphatic heterocycles. The van der Waals surface area contributed by atoms with E-state index in [-0.39, 0.29) is 15.5 Å². The first kappa shape index (κ1) is 3.19. The van der Waals surface area contributed by atoms with Gasteiger partial charge in [0.05, 0.1) is 17.4 Å². The predicted molar refractivity (Wildman–Crippen MR) is 61.6 cm³/mol. The van der Waals surface area contributed by atoms with Crippen molar-refractivity contribution < 1.29 is 15.1 Å². The minimum atomic E-state index is -3.42.